The molecule has 0 spiro atoms. The third-order valence-corrected chi connectivity index (χ3v) is 5.47. The van der Waals surface area contributed by atoms with Crippen molar-refractivity contribution in [1.82, 2.24) is 10.3 Å². The molecule has 0 fully saturated rings. The number of carbonyl (C=O) groups is 1. The molecule has 0 atom stereocenters. The van der Waals surface area contributed by atoms with Crippen LogP contribution in [0.1, 0.15) is 11.1 Å². The lowest BCUT2D eigenvalue weighted by molar-refractivity contribution is -0.120. The number of nitrogens with one attached hydrogen (secondary N) is 2. The van der Waals surface area contributed by atoms with Gasteiger partial charge in [-0.1, -0.05) is 78.5 Å². The minimum Gasteiger partial charge on any atom is -0.352 e. The van der Waals surface area contributed by atoms with Gasteiger partial charge in [0.15, 0.2) is 0 Å². The minimum atomic E-state index is 0.0264. The second-order valence-corrected chi connectivity index (χ2v) is 7.42. The van der Waals surface area contributed by atoms with E-state index in [0.717, 1.165) is 32.0 Å². The summed E-state index contributed by atoms with van der Waals surface area (Å²) in [5.74, 6) is 0.0264. The standard InChI is InChI=1S/C23H20N2OS/c26-22(24-16-17-9-3-1-4-10-17)15-20-19-13-7-8-14-21(19)25-23(20)27-18-11-5-2-6-12-18/h1-14,25H,15-16H2,(H,24,26). The molecule has 4 rings (SSSR count). The molecular formula is C23H20N2OS. The van der Waals surface area contributed by atoms with Crippen LogP contribution in [-0.2, 0) is 17.8 Å². The monoisotopic (exact) mass is 372 g/mol. The van der Waals surface area contributed by atoms with Crippen LogP contribution in [0.4, 0.5) is 0 Å². The van der Waals surface area contributed by atoms with Gasteiger partial charge in [0.05, 0.1) is 11.4 Å². The fraction of sp³-hybridized carbons (Fsp3) is 0.0870. The molecule has 0 bridgehead atoms. The van der Waals surface area contributed by atoms with Gasteiger partial charge in [-0.25, -0.2) is 0 Å². The Morgan fingerprint density at radius 3 is 2.30 bits per heavy atom. The van der Waals surface area contributed by atoms with Gasteiger partial charge in [-0.15, -0.1) is 0 Å². The number of hydrogen-bond acceptors (Lipinski definition) is 2. The molecule has 0 radical (unpaired) electrons. The van der Waals surface area contributed by atoms with E-state index in [4.69, 9.17) is 0 Å². The van der Waals surface area contributed by atoms with Gasteiger partial charge >= 0.3 is 0 Å². The van der Waals surface area contributed by atoms with Crippen LogP contribution in [0.3, 0.4) is 0 Å². The molecular weight excluding hydrogens is 352 g/mol. The number of carbonyl (C=O) groups excluding carboxylic acids is 1. The van der Waals surface area contributed by atoms with Crippen LogP contribution in [0, 0.1) is 0 Å². The van der Waals surface area contributed by atoms with Crippen molar-refractivity contribution in [3.63, 3.8) is 0 Å². The second-order valence-electron chi connectivity index (χ2n) is 6.33. The number of aromatic amines is 1. The van der Waals surface area contributed by atoms with Gasteiger partial charge in [0, 0.05) is 27.9 Å². The summed E-state index contributed by atoms with van der Waals surface area (Å²) in [6.45, 7) is 0.545. The second kappa shape index (κ2) is 8.14. The van der Waals surface area contributed by atoms with Crippen LogP contribution in [-0.4, -0.2) is 10.9 Å². The first-order valence-electron chi connectivity index (χ1n) is 8.93. The summed E-state index contributed by atoms with van der Waals surface area (Å²) in [6.07, 6.45) is 0.353. The Hall–Kier alpha value is -2.98. The van der Waals surface area contributed by atoms with Crippen molar-refractivity contribution < 1.29 is 4.79 Å². The highest BCUT2D eigenvalue weighted by atomic mass is 32.2. The zero-order valence-electron chi connectivity index (χ0n) is 14.8. The van der Waals surface area contributed by atoms with Crippen LogP contribution in [0.2, 0.25) is 0 Å². The zero-order valence-corrected chi connectivity index (χ0v) is 15.6. The molecule has 4 aromatic rings. The van der Waals surface area contributed by atoms with Crippen molar-refractivity contribution in [2.45, 2.75) is 22.9 Å². The van der Waals surface area contributed by atoms with E-state index < -0.39 is 0 Å². The van der Waals surface area contributed by atoms with Crippen molar-refractivity contribution in [3.05, 3.63) is 96.1 Å². The molecule has 2 N–H and O–H groups in total. The molecule has 0 unspecified atom stereocenters. The van der Waals surface area contributed by atoms with Gasteiger partial charge in [0.2, 0.25) is 5.91 Å². The minimum absolute atomic E-state index is 0.0264. The highest BCUT2D eigenvalue weighted by Crippen LogP contribution is 2.34. The van der Waals surface area contributed by atoms with Crippen LogP contribution in [0.15, 0.2) is 94.9 Å². The summed E-state index contributed by atoms with van der Waals surface area (Å²) in [4.78, 5) is 17.2. The fourth-order valence-corrected chi connectivity index (χ4v) is 4.06. The average molecular weight is 372 g/mol. The Kier molecular flexibility index (Phi) is 5.26. The molecule has 3 aromatic carbocycles. The first-order chi connectivity index (χ1) is 13.3. The Bertz CT molecular complexity index is 1040. The quantitative estimate of drug-likeness (QED) is 0.490. The molecule has 0 saturated carbocycles. The van der Waals surface area contributed by atoms with Gasteiger partial charge in [0.25, 0.3) is 0 Å². The molecule has 134 valence electrons. The molecule has 27 heavy (non-hydrogen) atoms. The number of rotatable bonds is 6. The summed E-state index contributed by atoms with van der Waals surface area (Å²) in [5, 5.41) is 5.16. The number of amides is 1. The third-order valence-electron chi connectivity index (χ3n) is 4.41. The number of benzene rings is 3. The molecule has 1 heterocycles. The molecule has 3 nitrogen and oxygen atoms in total. The van der Waals surface area contributed by atoms with E-state index in [9.17, 15) is 4.79 Å². The molecule has 0 aliphatic heterocycles. The first-order valence-corrected chi connectivity index (χ1v) is 9.74. The van der Waals surface area contributed by atoms with Crippen LogP contribution in [0.5, 0.6) is 0 Å². The Morgan fingerprint density at radius 1 is 0.852 bits per heavy atom. The predicted octanol–water partition coefficient (Wildman–Crippen LogP) is 5.18. The number of fused-ring (bicyclic) bond motifs is 1. The van der Waals surface area contributed by atoms with Gasteiger partial charge in [-0.2, -0.15) is 0 Å². The maximum absolute atomic E-state index is 12.6. The number of para-hydroxylation sites is 1. The molecule has 1 aromatic heterocycles. The highest BCUT2D eigenvalue weighted by molar-refractivity contribution is 7.99. The van der Waals surface area contributed by atoms with E-state index in [-0.39, 0.29) is 5.91 Å². The van der Waals surface area contributed by atoms with Crippen molar-refractivity contribution in [3.8, 4) is 0 Å². The van der Waals surface area contributed by atoms with Gasteiger partial charge in [-0.05, 0) is 23.8 Å². The molecule has 1 amide bonds. The maximum Gasteiger partial charge on any atom is 0.224 e. The third kappa shape index (κ3) is 4.23. The van der Waals surface area contributed by atoms with E-state index in [1.54, 1.807) is 11.8 Å². The summed E-state index contributed by atoms with van der Waals surface area (Å²) in [6, 6.07) is 28.3. The molecule has 0 aliphatic rings. The summed E-state index contributed by atoms with van der Waals surface area (Å²) < 4.78 is 0. The summed E-state index contributed by atoms with van der Waals surface area (Å²) in [7, 11) is 0. The van der Waals surface area contributed by atoms with Crippen LogP contribution in [0.25, 0.3) is 10.9 Å². The van der Waals surface area contributed by atoms with Crippen molar-refractivity contribution >= 4 is 28.6 Å². The molecule has 4 heteroatoms. The van der Waals surface area contributed by atoms with Crippen LogP contribution >= 0.6 is 11.8 Å². The first kappa shape index (κ1) is 17.4. The smallest absolute Gasteiger partial charge is 0.224 e. The number of H-pyrrole nitrogens is 1. The summed E-state index contributed by atoms with van der Waals surface area (Å²) >= 11 is 1.66. The topological polar surface area (TPSA) is 44.9 Å². The molecule has 0 saturated heterocycles. The Balaban J connectivity index is 1.56. The Labute approximate surface area is 162 Å². The average Bonchev–Trinajstić information content (AvgIpc) is 3.05. The number of aromatic nitrogens is 1. The van der Waals surface area contributed by atoms with Crippen molar-refractivity contribution in [2.75, 3.05) is 0 Å². The van der Waals surface area contributed by atoms with Crippen LogP contribution < -0.4 is 5.32 Å². The van der Waals surface area contributed by atoms with E-state index in [0.29, 0.717) is 13.0 Å². The lowest BCUT2D eigenvalue weighted by Crippen LogP contribution is -2.24. The van der Waals surface area contributed by atoms with E-state index in [2.05, 4.69) is 34.6 Å². The van der Waals surface area contributed by atoms with Crippen molar-refractivity contribution in [2.24, 2.45) is 0 Å². The highest BCUT2D eigenvalue weighted by Gasteiger charge is 2.15. The normalized spacial score (nSPS) is 10.8. The zero-order chi connectivity index (χ0) is 18.5. The van der Waals surface area contributed by atoms with Gasteiger partial charge in [0.1, 0.15) is 0 Å². The fourth-order valence-electron chi connectivity index (χ4n) is 3.06. The number of hydrogen-bond donors (Lipinski definition) is 2. The van der Waals surface area contributed by atoms with Gasteiger partial charge < -0.3 is 10.3 Å². The maximum atomic E-state index is 12.6. The molecule has 0 aliphatic carbocycles. The predicted molar refractivity (Wildman–Crippen MR) is 111 cm³/mol. The van der Waals surface area contributed by atoms with E-state index in [1.165, 1.54) is 0 Å². The van der Waals surface area contributed by atoms with Gasteiger partial charge in [-0.3, -0.25) is 4.79 Å². The lowest BCUT2D eigenvalue weighted by atomic mass is 10.1. The SMILES string of the molecule is O=C(Cc1c(Sc2ccccc2)[nH]c2ccccc12)NCc1ccccc1. The largest absolute Gasteiger partial charge is 0.352 e. The lowest BCUT2D eigenvalue weighted by Gasteiger charge is -2.07. The van der Waals surface area contributed by atoms with E-state index >= 15 is 0 Å². The Morgan fingerprint density at radius 2 is 1.52 bits per heavy atom. The van der Waals surface area contributed by atoms with E-state index in [1.807, 2.05) is 60.7 Å². The van der Waals surface area contributed by atoms with Crippen molar-refractivity contribution in [1.29, 1.82) is 0 Å². The summed E-state index contributed by atoms with van der Waals surface area (Å²) in [5.41, 5.74) is 3.20.